The first-order chi connectivity index (χ1) is 8.88. The van der Waals surface area contributed by atoms with Crippen LogP contribution in [0.2, 0.25) is 0 Å². The summed E-state index contributed by atoms with van der Waals surface area (Å²) in [5, 5.41) is 6.31. The van der Waals surface area contributed by atoms with Crippen molar-refractivity contribution in [2.75, 3.05) is 5.32 Å². The molecule has 3 N–H and O–H groups in total. The summed E-state index contributed by atoms with van der Waals surface area (Å²) >= 11 is 6.21. The van der Waals surface area contributed by atoms with E-state index in [1.807, 2.05) is 0 Å². The molecule has 0 aliphatic heterocycles. The Kier molecular flexibility index (Phi) is 3.72. The van der Waals surface area contributed by atoms with E-state index in [4.69, 9.17) is 18.0 Å². The van der Waals surface area contributed by atoms with Crippen LogP contribution in [0.5, 0.6) is 0 Å². The van der Waals surface area contributed by atoms with Crippen molar-refractivity contribution < 1.29 is 13.2 Å². The minimum Gasteiger partial charge on any atom is -0.389 e. The zero-order valence-electron chi connectivity index (χ0n) is 9.36. The molecule has 2 heterocycles. The van der Waals surface area contributed by atoms with Gasteiger partial charge in [-0.1, -0.05) is 12.2 Å². The second-order valence-corrected chi connectivity index (χ2v) is 4.81. The first kappa shape index (κ1) is 13.8. The molecule has 0 aliphatic carbocycles. The molecule has 2 aromatic heterocycles. The number of nitrogens with two attached hydrogens (primary N) is 1. The second-order valence-electron chi connectivity index (χ2n) is 3.59. The highest BCUT2D eigenvalue weighted by atomic mass is 32.1. The van der Waals surface area contributed by atoms with E-state index in [-0.39, 0.29) is 16.4 Å². The standard InChI is InChI=1S/C11H8F3N3S2/c12-11(13,14)8-2-1-7(9(15)18)10(17-8)16-6-3-4-19-5-6/h1-5H,(H2,15,18)(H,16,17). The highest BCUT2D eigenvalue weighted by Crippen LogP contribution is 2.30. The zero-order valence-corrected chi connectivity index (χ0v) is 11.0. The number of thiophene rings is 1. The van der Waals surface area contributed by atoms with Crippen LogP contribution in [-0.4, -0.2) is 9.97 Å². The third kappa shape index (κ3) is 3.21. The number of hydrogen-bond donors (Lipinski definition) is 2. The third-order valence-electron chi connectivity index (χ3n) is 2.24. The molecule has 0 fully saturated rings. The molecule has 0 atom stereocenters. The Morgan fingerprint density at radius 1 is 1.32 bits per heavy atom. The number of rotatable bonds is 3. The van der Waals surface area contributed by atoms with E-state index in [2.05, 4.69) is 10.3 Å². The quantitative estimate of drug-likeness (QED) is 0.852. The van der Waals surface area contributed by atoms with Crippen molar-refractivity contribution in [2.45, 2.75) is 6.18 Å². The van der Waals surface area contributed by atoms with Crippen molar-refractivity contribution in [2.24, 2.45) is 5.73 Å². The molecule has 0 amide bonds. The summed E-state index contributed by atoms with van der Waals surface area (Å²) in [6.45, 7) is 0. The van der Waals surface area contributed by atoms with Crippen LogP contribution in [-0.2, 0) is 6.18 Å². The van der Waals surface area contributed by atoms with Crippen LogP contribution in [0.25, 0.3) is 0 Å². The summed E-state index contributed by atoms with van der Waals surface area (Å²) in [5.74, 6) is 0.000671. The van der Waals surface area contributed by atoms with Crippen molar-refractivity contribution in [3.63, 3.8) is 0 Å². The van der Waals surface area contributed by atoms with Gasteiger partial charge in [-0.15, -0.1) is 0 Å². The van der Waals surface area contributed by atoms with Crippen LogP contribution >= 0.6 is 23.6 Å². The van der Waals surface area contributed by atoms with Crippen LogP contribution in [0.3, 0.4) is 0 Å². The number of pyridine rings is 1. The molecule has 0 aromatic carbocycles. The normalized spacial score (nSPS) is 11.3. The smallest absolute Gasteiger partial charge is 0.389 e. The van der Waals surface area contributed by atoms with Gasteiger partial charge in [0.2, 0.25) is 0 Å². The van der Waals surface area contributed by atoms with Crippen molar-refractivity contribution in [1.82, 2.24) is 4.98 Å². The largest absolute Gasteiger partial charge is 0.433 e. The number of nitrogens with one attached hydrogen (secondary N) is 1. The van der Waals surface area contributed by atoms with Crippen molar-refractivity contribution in [3.8, 4) is 0 Å². The first-order valence-corrected chi connectivity index (χ1v) is 6.40. The topological polar surface area (TPSA) is 50.9 Å². The molecule has 19 heavy (non-hydrogen) atoms. The molecule has 0 spiro atoms. The Hall–Kier alpha value is -1.67. The summed E-state index contributed by atoms with van der Waals surface area (Å²) in [5.41, 5.74) is 5.39. The lowest BCUT2D eigenvalue weighted by molar-refractivity contribution is -0.141. The average molecular weight is 303 g/mol. The number of halogens is 3. The fourth-order valence-electron chi connectivity index (χ4n) is 1.38. The molecule has 0 aliphatic rings. The Morgan fingerprint density at radius 2 is 2.05 bits per heavy atom. The van der Waals surface area contributed by atoms with Gasteiger partial charge in [0, 0.05) is 5.38 Å². The van der Waals surface area contributed by atoms with Gasteiger partial charge in [0.05, 0.1) is 11.3 Å². The predicted octanol–water partition coefficient (Wildman–Crippen LogP) is 3.54. The van der Waals surface area contributed by atoms with Gasteiger partial charge in [0.15, 0.2) is 0 Å². The third-order valence-corrected chi connectivity index (χ3v) is 3.14. The Bertz CT molecular complexity index is 594. The van der Waals surface area contributed by atoms with Crippen LogP contribution in [0.4, 0.5) is 24.7 Å². The maximum Gasteiger partial charge on any atom is 0.433 e. The monoisotopic (exact) mass is 303 g/mol. The number of hydrogen-bond acceptors (Lipinski definition) is 4. The summed E-state index contributed by atoms with van der Waals surface area (Å²) in [4.78, 5) is 3.53. The number of thiocarbonyl (C=S) groups is 1. The highest BCUT2D eigenvalue weighted by molar-refractivity contribution is 7.80. The molecule has 0 radical (unpaired) electrons. The Balaban J connectivity index is 2.45. The van der Waals surface area contributed by atoms with Crippen LogP contribution in [0.15, 0.2) is 29.0 Å². The molecule has 0 bridgehead atoms. The summed E-state index contributed by atoms with van der Waals surface area (Å²) < 4.78 is 37.9. The van der Waals surface area contributed by atoms with Crippen molar-refractivity contribution in [1.29, 1.82) is 0 Å². The lowest BCUT2D eigenvalue weighted by Crippen LogP contribution is -2.16. The number of aromatic nitrogens is 1. The maximum atomic E-state index is 12.6. The van der Waals surface area contributed by atoms with Gasteiger partial charge < -0.3 is 11.1 Å². The molecule has 8 heteroatoms. The minimum atomic E-state index is -4.51. The van der Waals surface area contributed by atoms with Gasteiger partial charge in [0.25, 0.3) is 0 Å². The lowest BCUT2D eigenvalue weighted by Gasteiger charge is -2.12. The molecular formula is C11H8F3N3S2. The fourth-order valence-corrected chi connectivity index (χ4v) is 2.14. The van der Waals surface area contributed by atoms with Gasteiger partial charge >= 0.3 is 6.18 Å². The minimum absolute atomic E-state index is 0.000671. The average Bonchev–Trinajstić information content (AvgIpc) is 2.80. The van der Waals surface area contributed by atoms with Gasteiger partial charge in [0.1, 0.15) is 16.5 Å². The number of anilines is 2. The van der Waals surface area contributed by atoms with Gasteiger partial charge in [-0.2, -0.15) is 24.5 Å². The summed E-state index contributed by atoms with van der Waals surface area (Å²) in [6.07, 6.45) is -4.51. The van der Waals surface area contributed by atoms with Crippen molar-refractivity contribution in [3.05, 3.63) is 40.2 Å². The zero-order chi connectivity index (χ0) is 14.0. The predicted molar refractivity (Wildman–Crippen MR) is 72.7 cm³/mol. The molecule has 0 unspecified atom stereocenters. The fraction of sp³-hybridized carbons (Fsp3) is 0.0909. The molecule has 0 saturated carbocycles. The molecule has 0 saturated heterocycles. The van der Waals surface area contributed by atoms with E-state index in [9.17, 15) is 13.2 Å². The van der Waals surface area contributed by atoms with Crippen molar-refractivity contribution >= 4 is 40.0 Å². The molecule has 3 nitrogen and oxygen atoms in total. The maximum absolute atomic E-state index is 12.6. The molecule has 2 aromatic rings. The SMILES string of the molecule is NC(=S)c1ccc(C(F)(F)F)nc1Nc1ccsc1. The van der Waals surface area contributed by atoms with Crippen LogP contribution in [0.1, 0.15) is 11.3 Å². The Labute approximate surface area is 116 Å². The van der Waals surface area contributed by atoms with E-state index in [1.165, 1.54) is 17.4 Å². The van der Waals surface area contributed by atoms with Gasteiger partial charge in [-0.05, 0) is 23.6 Å². The molecule has 2 rings (SSSR count). The van der Waals surface area contributed by atoms with E-state index in [0.717, 1.165) is 6.07 Å². The summed E-state index contributed by atoms with van der Waals surface area (Å²) in [7, 11) is 0. The van der Waals surface area contributed by atoms with E-state index in [0.29, 0.717) is 5.69 Å². The number of nitrogens with zero attached hydrogens (tertiary/aromatic N) is 1. The molecular weight excluding hydrogens is 295 g/mol. The molecule has 100 valence electrons. The second kappa shape index (κ2) is 5.14. The van der Waals surface area contributed by atoms with E-state index >= 15 is 0 Å². The summed E-state index contributed by atoms with van der Waals surface area (Å²) in [6, 6.07) is 3.79. The van der Waals surface area contributed by atoms with Crippen LogP contribution < -0.4 is 11.1 Å². The number of alkyl halides is 3. The van der Waals surface area contributed by atoms with E-state index < -0.39 is 11.9 Å². The highest BCUT2D eigenvalue weighted by Gasteiger charge is 2.33. The Morgan fingerprint density at radius 3 is 2.58 bits per heavy atom. The first-order valence-electron chi connectivity index (χ1n) is 5.05. The van der Waals surface area contributed by atoms with E-state index in [1.54, 1.807) is 16.8 Å². The lowest BCUT2D eigenvalue weighted by atomic mass is 10.2. The van der Waals surface area contributed by atoms with Gasteiger partial charge in [-0.3, -0.25) is 0 Å². The van der Waals surface area contributed by atoms with Gasteiger partial charge in [-0.25, -0.2) is 4.98 Å². The van der Waals surface area contributed by atoms with Crippen LogP contribution in [0, 0.1) is 0 Å².